The van der Waals surface area contributed by atoms with E-state index in [1.54, 1.807) is 12.1 Å². The van der Waals surface area contributed by atoms with E-state index < -0.39 is 18.2 Å². The molecule has 0 amide bonds. The van der Waals surface area contributed by atoms with Gasteiger partial charge in [0.15, 0.2) is 0 Å². The average Bonchev–Trinajstić information content (AvgIpc) is 2.63. The van der Waals surface area contributed by atoms with Gasteiger partial charge in [-0.1, -0.05) is 43.9 Å². The van der Waals surface area contributed by atoms with Gasteiger partial charge in [-0.15, -0.1) is 0 Å². The molecular weight excluding hydrogens is 342 g/mol. The maximum atomic E-state index is 10.5. The van der Waals surface area contributed by atoms with E-state index in [9.17, 15) is 15.0 Å². The molecule has 1 aromatic rings. The van der Waals surface area contributed by atoms with Crippen molar-refractivity contribution in [1.29, 1.82) is 0 Å². The molecule has 2 unspecified atom stereocenters. The Balaban J connectivity index is 2.45. The highest BCUT2D eigenvalue weighted by molar-refractivity contribution is 5.66. The Morgan fingerprint density at radius 2 is 2.04 bits per heavy atom. The van der Waals surface area contributed by atoms with E-state index in [2.05, 4.69) is 29.8 Å². The van der Waals surface area contributed by atoms with Crippen molar-refractivity contribution in [3.8, 4) is 11.8 Å². The lowest BCUT2D eigenvalue weighted by atomic mass is 10.1. The highest BCUT2D eigenvalue weighted by atomic mass is 16.4. The third kappa shape index (κ3) is 12.0. The third-order valence-corrected chi connectivity index (χ3v) is 4.05. The summed E-state index contributed by atoms with van der Waals surface area (Å²) in [5.74, 6) is 4.81. The minimum atomic E-state index is -0.855. The number of hydrogen-bond acceptors (Lipinski definition) is 4. The number of allylic oxidation sites excluding steroid dienone is 1. The van der Waals surface area contributed by atoms with Crippen molar-refractivity contribution in [3.05, 3.63) is 41.7 Å². The van der Waals surface area contributed by atoms with Crippen LogP contribution in [-0.2, 0) is 11.2 Å². The van der Waals surface area contributed by atoms with Gasteiger partial charge in [0.1, 0.15) is 11.8 Å². The molecule has 1 aromatic heterocycles. The number of unbranched alkanes of at least 4 members (excludes halogenated alkanes) is 3. The van der Waals surface area contributed by atoms with Crippen LogP contribution < -0.4 is 0 Å². The van der Waals surface area contributed by atoms with Gasteiger partial charge >= 0.3 is 5.97 Å². The number of carboxylic acids is 1. The fourth-order valence-corrected chi connectivity index (χ4v) is 2.57. The highest BCUT2D eigenvalue weighted by Crippen LogP contribution is 2.08. The fourth-order valence-electron chi connectivity index (χ4n) is 2.57. The molecule has 27 heavy (non-hydrogen) atoms. The van der Waals surface area contributed by atoms with Crippen molar-refractivity contribution < 1.29 is 20.1 Å². The SMILES string of the molecule is CCCCCC=CCC(O)C#Cc1cccc(CC(O)CCCC(=O)O)n1. The Kier molecular flexibility index (Phi) is 11.8. The molecule has 0 bridgehead atoms. The van der Waals surface area contributed by atoms with E-state index in [-0.39, 0.29) is 6.42 Å². The van der Waals surface area contributed by atoms with E-state index in [0.29, 0.717) is 37.1 Å². The Morgan fingerprint density at radius 1 is 1.22 bits per heavy atom. The summed E-state index contributed by atoms with van der Waals surface area (Å²) in [5.41, 5.74) is 1.26. The van der Waals surface area contributed by atoms with Crippen LogP contribution >= 0.6 is 0 Å². The molecule has 0 saturated heterocycles. The Bertz CT molecular complexity index is 645. The van der Waals surface area contributed by atoms with Gasteiger partial charge in [-0.25, -0.2) is 4.98 Å². The van der Waals surface area contributed by atoms with Crippen molar-refractivity contribution in [2.24, 2.45) is 0 Å². The van der Waals surface area contributed by atoms with Gasteiger partial charge in [-0.3, -0.25) is 4.79 Å². The summed E-state index contributed by atoms with van der Waals surface area (Å²) < 4.78 is 0. The van der Waals surface area contributed by atoms with Crippen LogP contribution in [0.1, 0.15) is 69.7 Å². The third-order valence-electron chi connectivity index (χ3n) is 4.05. The second-order valence-electron chi connectivity index (χ2n) is 6.65. The van der Waals surface area contributed by atoms with Crippen molar-refractivity contribution in [2.45, 2.75) is 76.9 Å². The summed E-state index contributed by atoms with van der Waals surface area (Å²) in [7, 11) is 0. The van der Waals surface area contributed by atoms with Crippen LogP contribution in [0.15, 0.2) is 30.4 Å². The lowest BCUT2D eigenvalue weighted by molar-refractivity contribution is -0.137. The molecule has 5 heteroatoms. The number of aliphatic hydroxyl groups excluding tert-OH is 2. The summed E-state index contributed by atoms with van der Waals surface area (Å²) in [6.45, 7) is 2.17. The van der Waals surface area contributed by atoms with Gasteiger partial charge in [0.2, 0.25) is 0 Å². The summed E-state index contributed by atoms with van der Waals surface area (Å²) in [6, 6.07) is 5.39. The first kappa shape index (κ1) is 22.9. The fraction of sp³-hybridized carbons (Fsp3) is 0.545. The summed E-state index contributed by atoms with van der Waals surface area (Å²) >= 11 is 0. The Hall–Kier alpha value is -2.16. The second kappa shape index (κ2) is 14.0. The number of aliphatic hydroxyl groups is 2. The molecule has 0 aliphatic carbocycles. The zero-order valence-electron chi connectivity index (χ0n) is 16.1. The number of pyridine rings is 1. The molecule has 5 nitrogen and oxygen atoms in total. The zero-order valence-corrected chi connectivity index (χ0v) is 16.1. The number of hydrogen-bond donors (Lipinski definition) is 3. The number of aromatic nitrogens is 1. The quantitative estimate of drug-likeness (QED) is 0.296. The minimum Gasteiger partial charge on any atom is -0.481 e. The highest BCUT2D eigenvalue weighted by Gasteiger charge is 2.08. The monoisotopic (exact) mass is 373 g/mol. The molecule has 0 radical (unpaired) electrons. The number of rotatable bonds is 12. The van der Waals surface area contributed by atoms with Gasteiger partial charge in [-0.2, -0.15) is 0 Å². The van der Waals surface area contributed by atoms with Crippen LogP contribution in [0, 0.1) is 11.8 Å². The molecule has 2 atom stereocenters. The van der Waals surface area contributed by atoms with Crippen LogP contribution in [0.5, 0.6) is 0 Å². The van der Waals surface area contributed by atoms with Crippen LogP contribution in [-0.4, -0.2) is 38.5 Å². The molecule has 1 rings (SSSR count). The minimum absolute atomic E-state index is 0.0565. The normalized spacial score (nSPS) is 13.1. The van der Waals surface area contributed by atoms with Crippen molar-refractivity contribution in [3.63, 3.8) is 0 Å². The molecule has 0 aromatic carbocycles. The van der Waals surface area contributed by atoms with Crippen LogP contribution in [0.4, 0.5) is 0 Å². The van der Waals surface area contributed by atoms with Crippen molar-refractivity contribution in [1.82, 2.24) is 4.98 Å². The topological polar surface area (TPSA) is 90.7 Å². The average molecular weight is 373 g/mol. The molecule has 1 heterocycles. The lowest BCUT2D eigenvalue weighted by Crippen LogP contribution is -2.12. The molecule has 0 saturated carbocycles. The standard InChI is InChI=1S/C22H31NO4/c1-2-3-4-5-6-7-12-20(24)16-15-18-10-8-11-19(23-18)17-21(25)13-9-14-22(26)27/h6-8,10-11,20-21,24-25H,2-5,9,12-14,17H2,1H3,(H,26,27). The van der Waals surface area contributed by atoms with E-state index in [1.807, 2.05) is 12.1 Å². The smallest absolute Gasteiger partial charge is 0.303 e. The van der Waals surface area contributed by atoms with Crippen LogP contribution in [0.25, 0.3) is 0 Å². The Labute approximate surface area is 162 Å². The first-order chi connectivity index (χ1) is 13.0. The lowest BCUT2D eigenvalue weighted by Gasteiger charge is -2.09. The maximum absolute atomic E-state index is 10.5. The van der Waals surface area contributed by atoms with Crippen molar-refractivity contribution in [2.75, 3.05) is 0 Å². The first-order valence-corrected chi connectivity index (χ1v) is 9.71. The van der Waals surface area contributed by atoms with Gasteiger partial charge in [-0.05, 0) is 43.7 Å². The zero-order chi connectivity index (χ0) is 19.9. The van der Waals surface area contributed by atoms with Gasteiger partial charge < -0.3 is 15.3 Å². The predicted octanol–water partition coefficient (Wildman–Crippen LogP) is 3.48. The van der Waals surface area contributed by atoms with Crippen molar-refractivity contribution >= 4 is 5.97 Å². The van der Waals surface area contributed by atoms with E-state index in [1.165, 1.54) is 19.3 Å². The number of carbonyl (C=O) groups is 1. The van der Waals surface area contributed by atoms with E-state index >= 15 is 0 Å². The van der Waals surface area contributed by atoms with Gasteiger partial charge in [0.25, 0.3) is 0 Å². The van der Waals surface area contributed by atoms with Gasteiger partial charge in [0, 0.05) is 25.0 Å². The largest absolute Gasteiger partial charge is 0.481 e. The maximum Gasteiger partial charge on any atom is 0.303 e. The van der Waals surface area contributed by atoms with E-state index in [4.69, 9.17) is 5.11 Å². The van der Waals surface area contributed by atoms with Crippen LogP contribution in [0.2, 0.25) is 0 Å². The Morgan fingerprint density at radius 3 is 2.78 bits per heavy atom. The van der Waals surface area contributed by atoms with Gasteiger partial charge in [0.05, 0.1) is 6.10 Å². The molecule has 0 aliphatic heterocycles. The summed E-state index contributed by atoms with van der Waals surface area (Å²) in [5, 5.41) is 28.5. The number of nitrogens with zero attached hydrogens (tertiary/aromatic N) is 1. The summed E-state index contributed by atoms with van der Waals surface area (Å²) in [6.07, 6.45) is 9.12. The van der Waals surface area contributed by atoms with Crippen LogP contribution in [0.3, 0.4) is 0 Å². The second-order valence-corrected chi connectivity index (χ2v) is 6.65. The first-order valence-electron chi connectivity index (χ1n) is 9.71. The number of carboxylic acid groups (broad SMARTS) is 1. The predicted molar refractivity (Wildman–Crippen MR) is 106 cm³/mol. The molecule has 0 fully saturated rings. The number of aliphatic carboxylic acids is 1. The summed E-state index contributed by atoms with van der Waals surface area (Å²) in [4.78, 5) is 14.9. The molecule has 148 valence electrons. The molecule has 0 aliphatic rings. The molecule has 3 N–H and O–H groups in total. The molecule has 0 spiro atoms. The van der Waals surface area contributed by atoms with E-state index in [0.717, 1.165) is 6.42 Å². The molecular formula is C22H31NO4.